The number of aliphatic hydroxyl groups is 1. The number of para-hydroxylation sites is 2. The minimum Gasteiger partial charge on any atom is -0.508 e. The van der Waals surface area contributed by atoms with Crippen LogP contribution in [-0.4, -0.2) is 23.2 Å². The Morgan fingerprint density at radius 1 is 1.00 bits per heavy atom. The van der Waals surface area contributed by atoms with Crippen molar-refractivity contribution in [2.24, 2.45) is 0 Å². The molecule has 0 radical (unpaired) electrons. The van der Waals surface area contributed by atoms with Crippen LogP contribution in [0.1, 0.15) is 11.1 Å². The van der Waals surface area contributed by atoms with E-state index in [1.165, 1.54) is 11.0 Å². The number of nitrogens with zero attached hydrogens (tertiary/aromatic N) is 1. The summed E-state index contributed by atoms with van der Waals surface area (Å²) in [6.07, 6.45) is 0. The number of phenolic OH excluding ortho intramolecular Hbond substituents is 1. The van der Waals surface area contributed by atoms with Crippen molar-refractivity contribution >= 4 is 11.6 Å². The maximum absolute atomic E-state index is 12.4. The molecule has 2 N–H and O–H groups in total. The third-order valence-corrected chi connectivity index (χ3v) is 3.56. The SMILES string of the molecule is CN1C(=O)C(O)(c2ccccc2O)c2ccccc21. The Hall–Kier alpha value is -2.33. The van der Waals surface area contributed by atoms with Crippen LogP contribution in [0.15, 0.2) is 48.5 Å². The van der Waals surface area contributed by atoms with Gasteiger partial charge in [0.2, 0.25) is 0 Å². The zero-order chi connectivity index (χ0) is 13.6. The molecule has 0 fully saturated rings. The van der Waals surface area contributed by atoms with Crippen LogP contribution in [0.4, 0.5) is 5.69 Å². The number of fused-ring (bicyclic) bond motifs is 1. The van der Waals surface area contributed by atoms with E-state index >= 15 is 0 Å². The van der Waals surface area contributed by atoms with Gasteiger partial charge in [-0.15, -0.1) is 0 Å². The summed E-state index contributed by atoms with van der Waals surface area (Å²) in [5.41, 5.74) is -0.476. The number of amides is 1. The van der Waals surface area contributed by atoms with Crippen LogP contribution in [0.5, 0.6) is 5.75 Å². The number of hydrogen-bond acceptors (Lipinski definition) is 3. The Balaban J connectivity index is 2.31. The Morgan fingerprint density at radius 3 is 2.26 bits per heavy atom. The second-order valence-electron chi connectivity index (χ2n) is 4.61. The standard InChI is InChI=1S/C15H13NO3/c1-16-12-8-4-2-6-10(12)15(19,14(16)18)11-7-3-5-9-13(11)17/h2-9,17,19H,1H3. The van der Waals surface area contributed by atoms with Gasteiger partial charge >= 0.3 is 0 Å². The van der Waals surface area contributed by atoms with E-state index in [1.54, 1.807) is 49.5 Å². The number of carbonyl (C=O) groups is 1. The number of phenols is 1. The minimum atomic E-state index is -1.82. The van der Waals surface area contributed by atoms with Gasteiger partial charge < -0.3 is 15.1 Å². The molecule has 0 saturated carbocycles. The number of carbonyl (C=O) groups excluding carboxylic acids is 1. The van der Waals surface area contributed by atoms with Crippen molar-refractivity contribution in [3.63, 3.8) is 0 Å². The lowest BCUT2D eigenvalue weighted by Gasteiger charge is -2.23. The number of anilines is 1. The average molecular weight is 255 g/mol. The summed E-state index contributed by atoms with van der Waals surface area (Å²) in [6, 6.07) is 13.4. The lowest BCUT2D eigenvalue weighted by atomic mass is 9.87. The highest BCUT2D eigenvalue weighted by Crippen LogP contribution is 2.45. The third kappa shape index (κ3) is 1.40. The van der Waals surface area contributed by atoms with Crippen LogP contribution >= 0.6 is 0 Å². The molecule has 0 aromatic heterocycles. The van der Waals surface area contributed by atoms with E-state index in [9.17, 15) is 15.0 Å². The Kier molecular flexibility index (Phi) is 2.37. The normalized spacial score (nSPS) is 21.6. The predicted molar refractivity (Wildman–Crippen MR) is 71.0 cm³/mol. The number of benzene rings is 2. The van der Waals surface area contributed by atoms with E-state index in [-0.39, 0.29) is 11.3 Å². The van der Waals surface area contributed by atoms with Gasteiger partial charge in [0.25, 0.3) is 5.91 Å². The van der Waals surface area contributed by atoms with E-state index in [0.717, 1.165) is 0 Å². The molecule has 1 unspecified atom stereocenters. The van der Waals surface area contributed by atoms with Gasteiger partial charge in [0.1, 0.15) is 5.75 Å². The first-order valence-electron chi connectivity index (χ1n) is 5.95. The van der Waals surface area contributed by atoms with E-state index in [1.807, 2.05) is 0 Å². The topological polar surface area (TPSA) is 60.8 Å². The molecule has 0 aliphatic carbocycles. The van der Waals surface area contributed by atoms with Gasteiger partial charge in [0, 0.05) is 18.2 Å². The fourth-order valence-corrected chi connectivity index (χ4v) is 2.58. The molecule has 1 aliphatic heterocycles. The number of rotatable bonds is 1. The summed E-state index contributed by atoms with van der Waals surface area (Å²) in [7, 11) is 1.61. The molecule has 1 amide bonds. The fourth-order valence-electron chi connectivity index (χ4n) is 2.58. The van der Waals surface area contributed by atoms with Crippen LogP contribution in [0.25, 0.3) is 0 Å². The molecule has 1 heterocycles. The lowest BCUT2D eigenvalue weighted by molar-refractivity contribution is -0.132. The second kappa shape index (κ2) is 3.83. The monoisotopic (exact) mass is 255 g/mol. The van der Waals surface area contributed by atoms with Crippen molar-refractivity contribution in [2.45, 2.75) is 5.60 Å². The van der Waals surface area contributed by atoms with Crippen molar-refractivity contribution < 1.29 is 15.0 Å². The van der Waals surface area contributed by atoms with Crippen molar-refractivity contribution in [3.05, 3.63) is 59.7 Å². The quantitative estimate of drug-likeness (QED) is 0.813. The Labute approximate surface area is 110 Å². The molecule has 4 heteroatoms. The maximum Gasteiger partial charge on any atom is 0.268 e. The van der Waals surface area contributed by atoms with Crippen LogP contribution in [0.3, 0.4) is 0 Å². The molecule has 96 valence electrons. The van der Waals surface area contributed by atoms with Crippen molar-refractivity contribution in [2.75, 3.05) is 11.9 Å². The van der Waals surface area contributed by atoms with Gasteiger partial charge in [-0.25, -0.2) is 0 Å². The molecule has 1 aliphatic rings. The molecular weight excluding hydrogens is 242 g/mol. The first-order valence-corrected chi connectivity index (χ1v) is 5.95. The molecule has 19 heavy (non-hydrogen) atoms. The predicted octanol–water partition coefficient (Wildman–Crippen LogP) is 1.60. The largest absolute Gasteiger partial charge is 0.508 e. The number of hydrogen-bond donors (Lipinski definition) is 2. The first-order chi connectivity index (χ1) is 9.06. The lowest BCUT2D eigenvalue weighted by Crippen LogP contribution is -2.39. The van der Waals surface area contributed by atoms with E-state index in [2.05, 4.69) is 0 Å². The Morgan fingerprint density at radius 2 is 1.58 bits per heavy atom. The number of likely N-dealkylation sites (N-methyl/N-ethyl adjacent to an activating group) is 1. The molecule has 2 aromatic carbocycles. The smallest absolute Gasteiger partial charge is 0.268 e. The van der Waals surface area contributed by atoms with E-state index in [4.69, 9.17) is 0 Å². The molecule has 0 spiro atoms. The molecule has 3 rings (SSSR count). The first kappa shape index (κ1) is 11.7. The van der Waals surface area contributed by atoms with Crippen LogP contribution in [0.2, 0.25) is 0 Å². The maximum atomic E-state index is 12.4. The Bertz CT molecular complexity index is 668. The summed E-state index contributed by atoms with van der Waals surface area (Å²) in [5, 5.41) is 20.8. The highest BCUT2D eigenvalue weighted by molar-refractivity contribution is 6.09. The van der Waals surface area contributed by atoms with Gasteiger partial charge in [0.15, 0.2) is 5.60 Å². The molecule has 1 atom stereocenters. The zero-order valence-electron chi connectivity index (χ0n) is 10.4. The average Bonchev–Trinajstić information content (AvgIpc) is 2.63. The van der Waals surface area contributed by atoms with Gasteiger partial charge in [0.05, 0.1) is 5.69 Å². The van der Waals surface area contributed by atoms with Gasteiger partial charge in [-0.2, -0.15) is 0 Å². The van der Waals surface area contributed by atoms with Crippen LogP contribution < -0.4 is 4.90 Å². The van der Waals surface area contributed by atoms with Crippen LogP contribution in [-0.2, 0) is 10.4 Å². The highest BCUT2D eigenvalue weighted by atomic mass is 16.3. The van der Waals surface area contributed by atoms with Crippen LogP contribution in [0, 0.1) is 0 Å². The summed E-state index contributed by atoms with van der Waals surface area (Å²) in [6.45, 7) is 0. The van der Waals surface area contributed by atoms with Gasteiger partial charge in [-0.1, -0.05) is 36.4 Å². The van der Waals surface area contributed by atoms with Crippen molar-refractivity contribution in [3.8, 4) is 5.75 Å². The second-order valence-corrected chi connectivity index (χ2v) is 4.61. The fraction of sp³-hybridized carbons (Fsp3) is 0.133. The molecule has 4 nitrogen and oxygen atoms in total. The highest BCUT2D eigenvalue weighted by Gasteiger charge is 2.50. The van der Waals surface area contributed by atoms with Gasteiger partial charge in [-0.3, -0.25) is 4.79 Å². The van der Waals surface area contributed by atoms with Crippen molar-refractivity contribution in [1.29, 1.82) is 0 Å². The summed E-state index contributed by atoms with van der Waals surface area (Å²) in [4.78, 5) is 13.8. The summed E-state index contributed by atoms with van der Waals surface area (Å²) in [5.74, 6) is -0.557. The van der Waals surface area contributed by atoms with Crippen molar-refractivity contribution in [1.82, 2.24) is 0 Å². The van der Waals surface area contributed by atoms with Gasteiger partial charge in [-0.05, 0) is 12.1 Å². The van der Waals surface area contributed by atoms with E-state index in [0.29, 0.717) is 11.3 Å². The summed E-state index contributed by atoms with van der Waals surface area (Å²) < 4.78 is 0. The third-order valence-electron chi connectivity index (χ3n) is 3.56. The molecule has 2 aromatic rings. The zero-order valence-corrected chi connectivity index (χ0v) is 10.4. The molecular formula is C15H13NO3. The number of aromatic hydroxyl groups is 1. The van der Waals surface area contributed by atoms with E-state index < -0.39 is 11.5 Å². The molecule has 0 bridgehead atoms. The summed E-state index contributed by atoms with van der Waals surface area (Å²) >= 11 is 0. The minimum absolute atomic E-state index is 0.0940. The molecule has 0 saturated heterocycles.